The fourth-order valence-corrected chi connectivity index (χ4v) is 1.13. The van der Waals surface area contributed by atoms with Gasteiger partial charge in [-0.2, -0.15) is 0 Å². The van der Waals surface area contributed by atoms with E-state index < -0.39 is 17.5 Å². The molecule has 4 heteroatoms. The smallest absolute Gasteiger partial charge is 0.196 e. The molecule has 0 aliphatic heterocycles. The third-order valence-corrected chi connectivity index (χ3v) is 1.94. The van der Waals surface area contributed by atoms with Crippen LogP contribution in [0.4, 0.5) is 18.9 Å². The molecule has 0 saturated carbocycles. The zero-order valence-corrected chi connectivity index (χ0v) is 8.19. The Labute approximate surface area is 86.6 Å². The normalized spacial score (nSPS) is 10.1. The first-order valence-electron chi connectivity index (χ1n) is 4.65. The molecule has 0 heterocycles. The van der Waals surface area contributed by atoms with Crippen molar-refractivity contribution in [3.05, 3.63) is 42.2 Å². The van der Waals surface area contributed by atoms with Gasteiger partial charge in [0.1, 0.15) is 0 Å². The summed E-state index contributed by atoms with van der Waals surface area (Å²) in [6.45, 7) is 4.03. The number of hydrogen-bond acceptors (Lipinski definition) is 1. The van der Waals surface area contributed by atoms with Gasteiger partial charge in [-0.25, -0.2) is 13.2 Å². The van der Waals surface area contributed by atoms with E-state index in [9.17, 15) is 13.2 Å². The van der Waals surface area contributed by atoms with Gasteiger partial charge in [0.25, 0.3) is 0 Å². The van der Waals surface area contributed by atoms with Gasteiger partial charge in [-0.05, 0) is 25.0 Å². The molecule has 0 atom stereocenters. The number of unbranched alkanes of at least 4 members (excludes halogenated alkanes) is 1. The Kier molecular flexibility index (Phi) is 4.21. The summed E-state index contributed by atoms with van der Waals surface area (Å²) in [6, 6.07) is 2.08. The lowest BCUT2D eigenvalue weighted by Gasteiger charge is -2.07. The third-order valence-electron chi connectivity index (χ3n) is 1.94. The Morgan fingerprint density at radius 2 is 1.93 bits per heavy atom. The summed E-state index contributed by atoms with van der Waals surface area (Å²) in [5.41, 5.74) is -0.0158. The molecule has 82 valence electrons. The van der Waals surface area contributed by atoms with Crippen molar-refractivity contribution in [2.24, 2.45) is 0 Å². The maximum absolute atomic E-state index is 13.1. The minimum atomic E-state index is -1.44. The molecule has 1 aromatic carbocycles. The summed E-state index contributed by atoms with van der Waals surface area (Å²) in [5.74, 6) is -3.79. The first-order valence-corrected chi connectivity index (χ1v) is 4.65. The zero-order valence-electron chi connectivity index (χ0n) is 8.19. The monoisotopic (exact) mass is 215 g/mol. The molecule has 0 aromatic heterocycles. The quantitative estimate of drug-likeness (QED) is 0.450. The molecular weight excluding hydrogens is 203 g/mol. The summed E-state index contributed by atoms with van der Waals surface area (Å²) < 4.78 is 38.4. The largest absolute Gasteiger partial charge is 0.383 e. The Morgan fingerprint density at radius 1 is 1.20 bits per heavy atom. The zero-order chi connectivity index (χ0) is 11.3. The van der Waals surface area contributed by atoms with Gasteiger partial charge >= 0.3 is 0 Å². The number of allylic oxidation sites excluding steroid dienone is 1. The van der Waals surface area contributed by atoms with Crippen molar-refractivity contribution in [3.8, 4) is 0 Å². The van der Waals surface area contributed by atoms with Gasteiger partial charge in [0.05, 0.1) is 5.69 Å². The third kappa shape index (κ3) is 3.01. The van der Waals surface area contributed by atoms with E-state index in [0.717, 1.165) is 18.9 Å². The van der Waals surface area contributed by atoms with Crippen molar-refractivity contribution in [1.82, 2.24) is 0 Å². The number of benzene rings is 1. The van der Waals surface area contributed by atoms with Gasteiger partial charge in [-0.3, -0.25) is 0 Å². The van der Waals surface area contributed by atoms with Crippen LogP contribution >= 0.6 is 0 Å². The lowest BCUT2D eigenvalue weighted by molar-refractivity contribution is 0.449. The summed E-state index contributed by atoms with van der Waals surface area (Å²) in [5, 5.41) is 2.69. The predicted molar refractivity (Wildman–Crippen MR) is 54.2 cm³/mol. The van der Waals surface area contributed by atoms with Crippen LogP contribution in [0.25, 0.3) is 0 Å². The fourth-order valence-electron chi connectivity index (χ4n) is 1.13. The highest BCUT2D eigenvalue weighted by molar-refractivity contribution is 5.45. The van der Waals surface area contributed by atoms with Crippen molar-refractivity contribution < 1.29 is 13.2 Å². The van der Waals surface area contributed by atoms with Crippen molar-refractivity contribution in [2.75, 3.05) is 11.9 Å². The van der Waals surface area contributed by atoms with Crippen molar-refractivity contribution in [3.63, 3.8) is 0 Å². The molecular formula is C11H12F3N. The topological polar surface area (TPSA) is 12.0 Å². The molecule has 1 N–H and O–H groups in total. The molecule has 15 heavy (non-hydrogen) atoms. The van der Waals surface area contributed by atoms with Gasteiger partial charge < -0.3 is 5.32 Å². The molecule has 1 rings (SSSR count). The van der Waals surface area contributed by atoms with Crippen LogP contribution in [0.15, 0.2) is 24.8 Å². The van der Waals surface area contributed by atoms with Crippen LogP contribution < -0.4 is 5.32 Å². The predicted octanol–water partition coefficient (Wildman–Crippen LogP) is 3.48. The van der Waals surface area contributed by atoms with E-state index in [1.54, 1.807) is 6.08 Å². The van der Waals surface area contributed by atoms with Gasteiger partial charge in [-0.1, -0.05) is 6.08 Å². The van der Waals surface area contributed by atoms with Crippen molar-refractivity contribution in [1.29, 1.82) is 0 Å². The Hall–Kier alpha value is -1.45. The minimum Gasteiger partial charge on any atom is -0.383 e. The second-order valence-corrected chi connectivity index (χ2v) is 3.08. The maximum Gasteiger partial charge on any atom is 0.196 e. The first kappa shape index (κ1) is 11.6. The highest BCUT2D eigenvalue weighted by atomic mass is 19.2. The van der Waals surface area contributed by atoms with Gasteiger partial charge in [0.15, 0.2) is 17.5 Å². The van der Waals surface area contributed by atoms with Gasteiger partial charge in [0.2, 0.25) is 0 Å². The summed E-state index contributed by atoms with van der Waals surface area (Å²) in [7, 11) is 0. The number of rotatable bonds is 5. The van der Waals surface area contributed by atoms with Crippen LogP contribution in [0.2, 0.25) is 0 Å². The number of halogens is 3. The molecule has 0 unspecified atom stereocenters. The highest BCUT2D eigenvalue weighted by Gasteiger charge is 2.12. The molecule has 0 fully saturated rings. The van der Waals surface area contributed by atoms with E-state index in [1.807, 2.05) is 0 Å². The van der Waals surface area contributed by atoms with Crippen LogP contribution in [0.1, 0.15) is 12.8 Å². The molecule has 0 amide bonds. The van der Waals surface area contributed by atoms with E-state index in [0.29, 0.717) is 6.54 Å². The van der Waals surface area contributed by atoms with Gasteiger partial charge in [0, 0.05) is 6.54 Å². The van der Waals surface area contributed by atoms with Gasteiger partial charge in [-0.15, -0.1) is 6.58 Å². The Balaban J connectivity index is 2.62. The van der Waals surface area contributed by atoms with Crippen molar-refractivity contribution >= 4 is 5.69 Å². The summed E-state index contributed by atoms with van der Waals surface area (Å²) in [6.07, 6.45) is 3.30. The van der Waals surface area contributed by atoms with E-state index >= 15 is 0 Å². The SMILES string of the molecule is C=CCCCNc1ccc(F)c(F)c1F. The van der Waals surface area contributed by atoms with Crippen LogP contribution in [0.3, 0.4) is 0 Å². The van der Waals surface area contributed by atoms with E-state index in [-0.39, 0.29) is 5.69 Å². The molecule has 0 radical (unpaired) electrons. The first-order chi connectivity index (χ1) is 7.16. The highest BCUT2D eigenvalue weighted by Crippen LogP contribution is 2.19. The van der Waals surface area contributed by atoms with Crippen LogP contribution in [-0.4, -0.2) is 6.54 Å². The number of hydrogen-bond donors (Lipinski definition) is 1. The summed E-state index contributed by atoms with van der Waals surface area (Å²) in [4.78, 5) is 0. The standard InChI is InChI=1S/C11H12F3N/c1-2-3-4-7-15-9-6-5-8(12)10(13)11(9)14/h2,5-6,15H,1,3-4,7H2. The Bertz CT molecular complexity index is 350. The molecule has 1 nitrogen and oxygen atoms in total. The van der Waals surface area contributed by atoms with Crippen molar-refractivity contribution in [2.45, 2.75) is 12.8 Å². The van der Waals surface area contributed by atoms with Crippen LogP contribution in [0, 0.1) is 17.5 Å². The lowest BCUT2D eigenvalue weighted by Crippen LogP contribution is -2.05. The number of nitrogens with one attached hydrogen (secondary N) is 1. The van der Waals surface area contributed by atoms with E-state index in [4.69, 9.17) is 0 Å². The lowest BCUT2D eigenvalue weighted by atomic mass is 10.2. The minimum absolute atomic E-state index is 0.0158. The molecule has 0 spiro atoms. The Morgan fingerprint density at radius 3 is 2.60 bits per heavy atom. The fraction of sp³-hybridized carbons (Fsp3) is 0.273. The van der Waals surface area contributed by atoms with Crippen LogP contribution in [0.5, 0.6) is 0 Å². The summed E-state index contributed by atoms with van der Waals surface area (Å²) >= 11 is 0. The number of anilines is 1. The second-order valence-electron chi connectivity index (χ2n) is 3.08. The maximum atomic E-state index is 13.1. The molecule has 0 bridgehead atoms. The van der Waals surface area contributed by atoms with Crippen LogP contribution in [-0.2, 0) is 0 Å². The molecule has 0 saturated heterocycles. The van der Waals surface area contributed by atoms with E-state index in [1.165, 1.54) is 6.07 Å². The molecule has 0 aliphatic carbocycles. The average Bonchev–Trinajstić information content (AvgIpc) is 2.24. The average molecular weight is 215 g/mol. The molecule has 0 aliphatic rings. The molecule has 1 aromatic rings. The van der Waals surface area contributed by atoms with E-state index in [2.05, 4.69) is 11.9 Å². The second kappa shape index (κ2) is 5.44.